The summed E-state index contributed by atoms with van der Waals surface area (Å²) >= 11 is 0. The quantitative estimate of drug-likeness (QED) is 0.0253. The van der Waals surface area contributed by atoms with Crippen LogP contribution in [0.15, 0.2) is 0 Å². The summed E-state index contributed by atoms with van der Waals surface area (Å²) in [6.07, 6.45) is 88.9. The number of nitrogens with zero attached hydrogens (tertiary/aromatic N) is 4. The number of carbonyl (C=O) groups is 4. The van der Waals surface area contributed by atoms with Crippen molar-refractivity contribution in [1.29, 1.82) is 0 Å². The minimum Gasteiger partial charge on any atom is -0.465 e. The van der Waals surface area contributed by atoms with Gasteiger partial charge in [-0.1, -0.05) is 400 Å². The molecule has 654 valence electrons. The first kappa shape index (κ1) is 108. The van der Waals surface area contributed by atoms with Gasteiger partial charge in [0, 0.05) is 38.8 Å². The average molecular weight is 1560 g/mol. The Morgan fingerprint density at radius 2 is 0.327 bits per heavy atom. The Balaban J connectivity index is 6.65. The molecule has 0 saturated heterocycles. The van der Waals surface area contributed by atoms with Gasteiger partial charge in [-0.15, -0.1) is 0 Å². The molecule has 0 aliphatic heterocycles. The van der Waals surface area contributed by atoms with Gasteiger partial charge in [0.25, 0.3) is 0 Å². The number of rotatable bonds is 93. The summed E-state index contributed by atoms with van der Waals surface area (Å²) in [4.78, 5) is 59.5. The molecular formula is C98H196N4O8+2. The van der Waals surface area contributed by atoms with E-state index in [-0.39, 0.29) is 23.9 Å². The highest BCUT2D eigenvalue weighted by Crippen LogP contribution is 2.24. The molecule has 110 heavy (non-hydrogen) atoms. The fourth-order valence-corrected chi connectivity index (χ4v) is 17.3. The highest BCUT2D eigenvalue weighted by Gasteiger charge is 2.34. The monoisotopic (exact) mass is 1560 g/mol. The van der Waals surface area contributed by atoms with Crippen LogP contribution in [0.1, 0.15) is 492 Å². The number of ether oxygens (including phenoxy) is 4. The highest BCUT2D eigenvalue weighted by atomic mass is 16.5. The van der Waals surface area contributed by atoms with Gasteiger partial charge in [0.05, 0.1) is 78.8 Å². The van der Waals surface area contributed by atoms with Crippen LogP contribution in [0.3, 0.4) is 0 Å². The number of hydrogen-bond acceptors (Lipinski definition) is 10. The van der Waals surface area contributed by atoms with Gasteiger partial charge in [-0.25, -0.2) is 9.59 Å². The predicted octanol–water partition coefficient (Wildman–Crippen LogP) is 28.1. The second kappa shape index (κ2) is 86.1. The summed E-state index contributed by atoms with van der Waals surface area (Å²) < 4.78 is 24.4. The zero-order chi connectivity index (χ0) is 80.1. The summed E-state index contributed by atoms with van der Waals surface area (Å²) in [6, 6.07) is 0. The third-order valence-electron chi connectivity index (χ3n) is 24.2. The number of hydrogen-bond donors (Lipinski definition) is 0. The lowest BCUT2D eigenvalue weighted by atomic mass is 10.0. The molecule has 2 atom stereocenters. The molecule has 12 heteroatoms. The van der Waals surface area contributed by atoms with Crippen LogP contribution in [0.5, 0.6) is 0 Å². The van der Waals surface area contributed by atoms with Crippen molar-refractivity contribution >= 4 is 23.9 Å². The first-order valence-corrected chi connectivity index (χ1v) is 49.8. The predicted molar refractivity (Wildman–Crippen MR) is 476 cm³/mol. The number of unbranched alkanes of at least 4 members (excludes halogenated alkanes) is 61. The lowest BCUT2D eigenvalue weighted by Gasteiger charge is -2.40. The van der Waals surface area contributed by atoms with Gasteiger partial charge in [-0.05, 0) is 79.3 Å². The van der Waals surface area contributed by atoms with Gasteiger partial charge in [0.1, 0.15) is 0 Å². The summed E-state index contributed by atoms with van der Waals surface area (Å²) in [5.41, 5.74) is 0. The Kier molecular flexibility index (Phi) is 84.3. The molecule has 0 aliphatic carbocycles. The number of quaternary nitrogens is 2. The van der Waals surface area contributed by atoms with Crippen LogP contribution in [0.4, 0.5) is 0 Å². The van der Waals surface area contributed by atoms with E-state index in [2.05, 4.69) is 37.5 Å². The van der Waals surface area contributed by atoms with Gasteiger partial charge >= 0.3 is 23.9 Å². The number of esters is 4. The second-order valence-corrected chi connectivity index (χ2v) is 34.7. The van der Waals surface area contributed by atoms with Crippen molar-refractivity contribution in [2.45, 2.75) is 492 Å². The van der Waals surface area contributed by atoms with Gasteiger partial charge in [0.15, 0.2) is 13.1 Å². The van der Waals surface area contributed by atoms with Crippen LogP contribution >= 0.6 is 0 Å². The maximum absolute atomic E-state index is 14.1. The van der Waals surface area contributed by atoms with Crippen LogP contribution in [-0.2, 0) is 38.1 Å². The molecule has 0 amide bonds. The first-order chi connectivity index (χ1) is 54.0. The molecule has 0 aliphatic rings. The van der Waals surface area contributed by atoms with Crippen molar-refractivity contribution in [2.24, 2.45) is 0 Å². The molecule has 0 bridgehead atoms. The Morgan fingerprint density at radius 1 is 0.182 bits per heavy atom. The molecular weight excluding hydrogens is 1360 g/mol. The van der Waals surface area contributed by atoms with Crippen molar-refractivity contribution in [3.05, 3.63) is 0 Å². The maximum Gasteiger partial charge on any atom is 0.361 e. The Bertz CT molecular complexity index is 1780. The molecule has 0 aromatic heterocycles. The summed E-state index contributed by atoms with van der Waals surface area (Å²) in [7, 11) is 0. The molecule has 0 aromatic carbocycles. The van der Waals surface area contributed by atoms with Crippen LogP contribution in [-0.4, -0.2) is 161 Å². The minimum atomic E-state index is -0.143. The van der Waals surface area contributed by atoms with Crippen LogP contribution in [0, 0.1) is 0 Å². The third kappa shape index (κ3) is 74.5. The molecule has 0 rings (SSSR count). The van der Waals surface area contributed by atoms with E-state index in [1.165, 1.54) is 385 Å². The molecule has 0 aromatic rings. The lowest BCUT2D eigenvalue weighted by molar-refractivity contribution is -0.928. The van der Waals surface area contributed by atoms with Crippen molar-refractivity contribution in [3.8, 4) is 0 Å². The highest BCUT2D eigenvalue weighted by molar-refractivity contribution is 5.72. The van der Waals surface area contributed by atoms with Gasteiger partial charge in [-0.2, -0.15) is 0 Å². The Hall–Kier alpha value is -2.28. The van der Waals surface area contributed by atoms with Crippen LogP contribution in [0.25, 0.3) is 0 Å². The second-order valence-electron chi connectivity index (χ2n) is 34.7. The molecule has 0 radical (unpaired) electrons. The minimum absolute atomic E-state index is 0.108. The van der Waals surface area contributed by atoms with Crippen molar-refractivity contribution in [3.63, 3.8) is 0 Å². The fraction of sp³-hybridized carbons (Fsp3) is 0.959. The van der Waals surface area contributed by atoms with Crippen LogP contribution in [0.2, 0.25) is 0 Å². The van der Waals surface area contributed by atoms with E-state index in [1.54, 1.807) is 0 Å². The standard InChI is InChI=1S/C98H196N4O8/c1-9-17-21-25-29-33-37-41-45-49-53-57-61-65-69-73-81-99(91-95(103)107-13-5)83-79-89-101(93-97(105)109-15-7,85-75-71-67-63-59-55-51-47-43-39-35-31-27-23-19-11-3)87-77-78-88-102(94-98(106)110-16-8,86-76-72-68-64-60-56-52-48-44-40-36-32-28-24-20-12-4)90-80-84-100(92-96(104)108-14-6)82-74-70-66-62-58-54-50-46-42-38-34-30-26-22-18-10-2/h9-94H2,1-8H3/q+2. The smallest absolute Gasteiger partial charge is 0.361 e. The zero-order valence-electron chi connectivity index (χ0n) is 75.9. The van der Waals surface area contributed by atoms with E-state index >= 15 is 0 Å². The van der Waals surface area contributed by atoms with Gasteiger partial charge in [0.2, 0.25) is 0 Å². The SMILES string of the molecule is CCCCCCCCCCCCCCCCCCN(CCC[N+](CCCCCCCCCCCCCCCCCC)(CCCC[N+](CCCCCCCCCCCCCCCCCC)(CCCN(CCCCCCCCCCCCCCCCCC)CC(=O)OCC)CC(=O)OCC)CC(=O)OCC)CC(=O)OCC. The Morgan fingerprint density at radius 3 is 0.518 bits per heavy atom. The molecule has 0 saturated carbocycles. The van der Waals surface area contributed by atoms with E-state index in [9.17, 15) is 19.2 Å². The van der Waals surface area contributed by atoms with E-state index in [0.717, 1.165) is 117 Å². The largest absolute Gasteiger partial charge is 0.465 e. The molecule has 0 N–H and O–H groups in total. The normalized spacial score (nSPS) is 12.9. The van der Waals surface area contributed by atoms with Crippen molar-refractivity contribution in [1.82, 2.24) is 9.80 Å². The summed E-state index contributed by atoms with van der Waals surface area (Å²) in [5, 5.41) is 0. The van der Waals surface area contributed by atoms with E-state index < -0.39 is 0 Å². The first-order valence-electron chi connectivity index (χ1n) is 49.8. The zero-order valence-corrected chi connectivity index (χ0v) is 75.9. The topological polar surface area (TPSA) is 112 Å². The summed E-state index contributed by atoms with van der Waals surface area (Å²) in [5.74, 6) is -0.502. The molecule has 0 spiro atoms. The third-order valence-corrected chi connectivity index (χ3v) is 24.2. The molecule has 0 fully saturated rings. The lowest BCUT2D eigenvalue weighted by Crippen LogP contribution is -2.55. The van der Waals surface area contributed by atoms with Gasteiger partial charge in [-0.3, -0.25) is 19.4 Å². The number of carbonyl (C=O) groups excluding carboxylic acids is 4. The van der Waals surface area contributed by atoms with E-state index in [0.29, 0.717) is 61.6 Å². The fourth-order valence-electron chi connectivity index (χ4n) is 17.3. The van der Waals surface area contributed by atoms with Crippen molar-refractivity contribution in [2.75, 3.05) is 118 Å². The summed E-state index contributed by atoms with van der Waals surface area (Å²) in [6.45, 7) is 28.4. The Labute approximate surface area is 687 Å². The molecule has 2 unspecified atom stereocenters. The van der Waals surface area contributed by atoms with Gasteiger partial charge < -0.3 is 27.9 Å². The van der Waals surface area contributed by atoms with E-state index in [4.69, 9.17) is 18.9 Å². The maximum atomic E-state index is 14.1. The van der Waals surface area contributed by atoms with E-state index in [1.807, 2.05) is 27.7 Å². The average Bonchev–Trinajstić information content (AvgIpc) is 0.846. The van der Waals surface area contributed by atoms with Crippen LogP contribution < -0.4 is 0 Å². The molecule has 12 nitrogen and oxygen atoms in total. The molecule has 0 heterocycles. The van der Waals surface area contributed by atoms with Crippen molar-refractivity contribution < 1.29 is 47.1 Å².